The summed E-state index contributed by atoms with van der Waals surface area (Å²) in [6, 6.07) is 8.69. The van der Waals surface area contributed by atoms with E-state index in [0.29, 0.717) is 0 Å². The summed E-state index contributed by atoms with van der Waals surface area (Å²) >= 11 is 0. The molecule has 1 aromatic carbocycles. The van der Waals surface area contributed by atoms with E-state index in [0.717, 1.165) is 37.7 Å². The molecule has 0 saturated heterocycles. The van der Waals surface area contributed by atoms with Crippen LogP contribution in [-0.2, 0) is 6.42 Å². The van der Waals surface area contributed by atoms with Crippen LogP contribution in [0, 0.1) is 0 Å². The smallest absolute Gasteiger partial charge is 0.254 e. The molecule has 3 nitrogen and oxygen atoms in total. The van der Waals surface area contributed by atoms with E-state index in [2.05, 4.69) is 11.4 Å². The molecule has 1 heterocycles. The summed E-state index contributed by atoms with van der Waals surface area (Å²) in [6.45, 7) is 2.63. The first-order valence-corrected chi connectivity index (χ1v) is 6.45. The molecule has 0 radical (unpaired) electrons. The summed E-state index contributed by atoms with van der Waals surface area (Å²) in [5.74, 6) is 0.199. The Morgan fingerprint density at radius 2 is 2.12 bits per heavy atom. The van der Waals surface area contributed by atoms with E-state index in [9.17, 15) is 4.79 Å². The van der Waals surface area contributed by atoms with Crippen LogP contribution in [0.1, 0.15) is 28.8 Å². The molecule has 2 aliphatic rings. The Morgan fingerprint density at radius 1 is 1.29 bits per heavy atom. The van der Waals surface area contributed by atoms with Crippen molar-refractivity contribution in [3.63, 3.8) is 0 Å². The van der Waals surface area contributed by atoms with Crippen molar-refractivity contribution in [2.75, 3.05) is 19.6 Å². The molecule has 3 rings (SSSR count). The maximum absolute atomic E-state index is 12.2. The van der Waals surface area contributed by atoms with E-state index in [1.807, 2.05) is 23.1 Å². The second kappa shape index (κ2) is 4.49. The zero-order chi connectivity index (χ0) is 11.7. The number of carbonyl (C=O) groups is 1. The lowest BCUT2D eigenvalue weighted by Gasteiger charge is -2.28. The number of hydrogen-bond donors (Lipinski definition) is 1. The molecular weight excluding hydrogens is 212 g/mol. The summed E-state index contributed by atoms with van der Waals surface area (Å²) < 4.78 is 0. The largest absolute Gasteiger partial charge is 0.337 e. The van der Waals surface area contributed by atoms with Gasteiger partial charge in [-0.25, -0.2) is 0 Å². The number of nitrogens with zero attached hydrogens (tertiary/aromatic N) is 1. The molecule has 1 fully saturated rings. The van der Waals surface area contributed by atoms with Crippen LogP contribution >= 0.6 is 0 Å². The van der Waals surface area contributed by atoms with Crippen molar-refractivity contribution in [3.8, 4) is 0 Å². The summed E-state index contributed by atoms with van der Waals surface area (Å²) in [6.07, 6.45) is 3.60. The average Bonchev–Trinajstić information content (AvgIpc) is 3.17. The van der Waals surface area contributed by atoms with Gasteiger partial charge in [-0.1, -0.05) is 18.2 Å². The topological polar surface area (TPSA) is 32.3 Å². The molecule has 0 aromatic heterocycles. The molecule has 0 atom stereocenters. The van der Waals surface area contributed by atoms with Crippen molar-refractivity contribution in [2.45, 2.75) is 25.3 Å². The molecule has 1 aromatic rings. The maximum Gasteiger partial charge on any atom is 0.254 e. The van der Waals surface area contributed by atoms with Gasteiger partial charge in [0.2, 0.25) is 0 Å². The highest BCUT2D eigenvalue weighted by Gasteiger charge is 2.24. The highest BCUT2D eigenvalue weighted by molar-refractivity contribution is 5.96. The van der Waals surface area contributed by atoms with Crippen molar-refractivity contribution < 1.29 is 4.79 Å². The predicted molar refractivity (Wildman–Crippen MR) is 67.1 cm³/mol. The van der Waals surface area contributed by atoms with Crippen molar-refractivity contribution in [2.24, 2.45) is 0 Å². The molecule has 1 saturated carbocycles. The van der Waals surface area contributed by atoms with Crippen LogP contribution in [0.25, 0.3) is 0 Å². The molecule has 1 N–H and O–H groups in total. The third-order valence-corrected chi connectivity index (χ3v) is 3.58. The van der Waals surface area contributed by atoms with Crippen molar-refractivity contribution in [1.29, 1.82) is 0 Å². The average molecular weight is 230 g/mol. The lowest BCUT2D eigenvalue weighted by molar-refractivity contribution is 0.0741. The van der Waals surface area contributed by atoms with Crippen LogP contribution in [0.5, 0.6) is 0 Å². The second-order valence-corrected chi connectivity index (χ2v) is 4.93. The molecule has 1 aliphatic carbocycles. The number of fused-ring (bicyclic) bond motifs is 1. The monoisotopic (exact) mass is 230 g/mol. The lowest BCUT2D eigenvalue weighted by Crippen LogP contribution is -2.41. The standard InChI is InChI=1S/C14H18N2O/c17-14-13-4-2-1-3-11(13)7-9-16(14)10-8-15-12-5-6-12/h1-4,12,15H,5-10H2. The summed E-state index contributed by atoms with van der Waals surface area (Å²) in [5, 5.41) is 3.45. The molecule has 0 spiro atoms. The summed E-state index contributed by atoms with van der Waals surface area (Å²) in [7, 11) is 0. The number of rotatable bonds is 4. The van der Waals surface area contributed by atoms with Crippen LogP contribution in [0.15, 0.2) is 24.3 Å². The first kappa shape index (κ1) is 10.8. The van der Waals surface area contributed by atoms with Gasteiger partial charge in [-0.2, -0.15) is 0 Å². The first-order chi connectivity index (χ1) is 8.34. The van der Waals surface area contributed by atoms with Gasteiger partial charge < -0.3 is 10.2 Å². The Hall–Kier alpha value is -1.35. The third kappa shape index (κ3) is 2.34. The van der Waals surface area contributed by atoms with Gasteiger partial charge in [0, 0.05) is 31.2 Å². The molecule has 1 amide bonds. The molecule has 17 heavy (non-hydrogen) atoms. The second-order valence-electron chi connectivity index (χ2n) is 4.93. The molecule has 1 aliphatic heterocycles. The zero-order valence-corrected chi connectivity index (χ0v) is 9.98. The summed E-state index contributed by atoms with van der Waals surface area (Å²) in [5.41, 5.74) is 2.09. The van der Waals surface area contributed by atoms with Crippen LogP contribution in [0.2, 0.25) is 0 Å². The van der Waals surface area contributed by atoms with Crippen molar-refractivity contribution >= 4 is 5.91 Å². The summed E-state index contributed by atoms with van der Waals surface area (Å²) in [4.78, 5) is 14.2. The number of carbonyl (C=O) groups excluding carboxylic acids is 1. The fourth-order valence-corrected chi connectivity index (χ4v) is 2.38. The third-order valence-electron chi connectivity index (χ3n) is 3.58. The van der Waals surface area contributed by atoms with Crippen LogP contribution in [0.4, 0.5) is 0 Å². The lowest BCUT2D eigenvalue weighted by atomic mass is 9.99. The van der Waals surface area contributed by atoms with Crippen molar-refractivity contribution in [3.05, 3.63) is 35.4 Å². The van der Waals surface area contributed by atoms with Gasteiger partial charge in [0.25, 0.3) is 5.91 Å². The molecule has 90 valence electrons. The van der Waals surface area contributed by atoms with Crippen LogP contribution in [0.3, 0.4) is 0 Å². The molecular formula is C14H18N2O. The van der Waals surface area contributed by atoms with E-state index in [4.69, 9.17) is 0 Å². The Bertz CT molecular complexity index is 426. The minimum Gasteiger partial charge on any atom is -0.337 e. The SMILES string of the molecule is O=C1c2ccccc2CCN1CCNC1CC1. The molecule has 0 unspecified atom stereocenters. The maximum atomic E-state index is 12.2. The van der Waals surface area contributed by atoms with Crippen molar-refractivity contribution in [1.82, 2.24) is 10.2 Å². The number of benzene rings is 1. The van der Waals surface area contributed by atoms with E-state index >= 15 is 0 Å². The number of hydrogen-bond acceptors (Lipinski definition) is 2. The number of nitrogens with one attached hydrogen (secondary N) is 1. The highest BCUT2D eigenvalue weighted by atomic mass is 16.2. The van der Waals surface area contributed by atoms with Gasteiger partial charge in [-0.15, -0.1) is 0 Å². The van der Waals surface area contributed by atoms with E-state index in [1.54, 1.807) is 0 Å². The van der Waals surface area contributed by atoms with Gasteiger partial charge in [-0.05, 0) is 30.9 Å². The number of amides is 1. The minimum atomic E-state index is 0.199. The molecule has 3 heteroatoms. The Balaban J connectivity index is 1.62. The quantitative estimate of drug-likeness (QED) is 0.849. The normalized spacial score (nSPS) is 19.3. The Morgan fingerprint density at radius 3 is 2.94 bits per heavy atom. The predicted octanol–water partition coefficient (Wildman–Crippen LogP) is 1.44. The van der Waals surface area contributed by atoms with Crippen LogP contribution < -0.4 is 5.32 Å². The Kier molecular flexibility index (Phi) is 2.85. The zero-order valence-electron chi connectivity index (χ0n) is 9.98. The fraction of sp³-hybridized carbons (Fsp3) is 0.500. The van der Waals surface area contributed by atoms with Gasteiger partial charge in [0.1, 0.15) is 0 Å². The highest BCUT2D eigenvalue weighted by Crippen LogP contribution is 2.19. The Labute approximate surface area is 102 Å². The van der Waals surface area contributed by atoms with Gasteiger partial charge in [-0.3, -0.25) is 4.79 Å². The van der Waals surface area contributed by atoms with Gasteiger partial charge >= 0.3 is 0 Å². The fourth-order valence-electron chi connectivity index (χ4n) is 2.38. The van der Waals surface area contributed by atoms with E-state index in [-0.39, 0.29) is 5.91 Å². The van der Waals surface area contributed by atoms with E-state index < -0.39 is 0 Å². The minimum absolute atomic E-state index is 0.199. The first-order valence-electron chi connectivity index (χ1n) is 6.45. The van der Waals surface area contributed by atoms with Gasteiger partial charge in [0.15, 0.2) is 0 Å². The van der Waals surface area contributed by atoms with E-state index in [1.165, 1.54) is 18.4 Å². The molecule has 0 bridgehead atoms. The van der Waals surface area contributed by atoms with Crippen LogP contribution in [-0.4, -0.2) is 36.5 Å². The van der Waals surface area contributed by atoms with Gasteiger partial charge in [0.05, 0.1) is 0 Å².